The summed E-state index contributed by atoms with van der Waals surface area (Å²) in [7, 11) is 0. The zero-order valence-electron chi connectivity index (χ0n) is 8.40. The molecule has 2 nitrogen and oxygen atoms in total. The van der Waals surface area contributed by atoms with Crippen LogP contribution < -0.4 is 5.32 Å². The number of hydrogen-bond donors (Lipinski definition) is 1. The van der Waals surface area contributed by atoms with Crippen LogP contribution in [-0.2, 0) is 0 Å². The monoisotopic (exact) mass is 210 g/mol. The van der Waals surface area contributed by atoms with E-state index >= 15 is 0 Å². The van der Waals surface area contributed by atoms with Gasteiger partial charge in [-0.1, -0.05) is 6.92 Å². The summed E-state index contributed by atoms with van der Waals surface area (Å²) in [6.07, 6.45) is -2.39. The molecule has 0 bridgehead atoms. The highest BCUT2D eigenvalue weighted by Gasteiger charge is 2.31. The van der Waals surface area contributed by atoms with Crippen LogP contribution in [0.4, 0.5) is 13.2 Å². The molecule has 0 aromatic carbocycles. The first-order valence-corrected chi connectivity index (χ1v) is 5.04. The van der Waals surface area contributed by atoms with Crippen LogP contribution in [0, 0.1) is 0 Å². The van der Waals surface area contributed by atoms with Crippen molar-refractivity contribution in [1.29, 1.82) is 0 Å². The lowest BCUT2D eigenvalue weighted by Gasteiger charge is -2.24. The van der Waals surface area contributed by atoms with E-state index < -0.39 is 12.7 Å². The molecule has 0 spiro atoms. The fourth-order valence-electron chi connectivity index (χ4n) is 1.75. The molecule has 1 aliphatic heterocycles. The van der Waals surface area contributed by atoms with Crippen LogP contribution >= 0.6 is 0 Å². The standard InChI is InChI=1S/C9H17F3N2/c1-2-8-6-14(5-3-4-13-8)7-9(10,11)12/h8,13H,2-7H2,1H3. The second-order valence-electron chi connectivity index (χ2n) is 3.76. The van der Waals surface area contributed by atoms with E-state index in [1.54, 1.807) is 0 Å². The van der Waals surface area contributed by atoms with Gasteiger partial charge in [0.15, 0.2) is 0 Å². The molecule has 14 heavy (non-hydrogen) atoms. The summed E-state index contributed by atoms with van der Waals surface area (Å²) in [5.41, 5.74) is 0. The van der Waals surface area contributed by atoms with Crippen molar-refractivity contribution in [3.05, 3.63) is 0 Å². The van der Waals surface area contributed by atoms with Crippen molar-refractivity contribution in [3.63, 3.8) is 0 Å². The largest absolute Gasteiger partial charge is 0.401 e. The van der Waals surface area contributed by atoms with Crippen molar-refractivity contribution in [2.75, 3.05) is 26.2 Å². The SMILES string of the molecule is CCC1CN(CC(F)(F)F)CCCN1. The molecule has 0 amide bonds. The first-order chi connectivity index (χ1) is 6.51. The molecule has 0 aliphatic carbocycles. The number of hydrogen-bond acceptors (Lipinski definition) is 2. The van der Waals surface area contributed by atoms with Gasteiger partial charge < -0.3 is 5.32 Å². The Kier molecular flexibility index (Phi) is 4.19. The molecule has 5 heteroatoms. The Morgan fingerprint density at radius 3 is 2.71 bits per heavy atom. The predicted octanol–water partition coefficient (Wildman–Crippen LogP) is 1.62. The van der Waals surface area contributed by atoms with Crippen LogP contribution in [0.2, 0.25) is 0 Å². The molecule has 1 atom stereocenters. The van der Waals surface area contributed by atoms with Gasteiger partial charge in [0.1, 0.15) is 0 Å². The minimum absolute atomic E-state index is 0.208. The van der Waals surface area contributed by atoms with Crippen LogP contribution in [0.3, 0.4) is 0 Å². The van der Waals surface area contributed by atoms with Gasteiger partial charge in [-0.25, -0.2) is 0 Å². The van der Waals surface area contributed by atoms with E-state index in [4.69, 9.17) is 0 Å². The quantitative estimate of drug-likeness (QED) is 0.745. The second kappa shape index (κ2) is 4.98. The summed E-state index contributed by atoms with van der Waals surface area (Å²) in [5, 5.41) is 3.24. The van der Waals surface area contributed by atoms with Crippen LogP contribution in [0.5, 0.6) is 0 Å². The lowest BCUT2D eigenvalue weighted by Crippen LogP contribution is -2.41. The van der Waals surface area contributed by atoms with Crippen molar-refractivity contribution in [1.82, 2.24) is 10.2 Å². The van der Waals surface area contributed by atoms with Gasteiger partial charge in [0.2, 0.25) is 0 Å². The van der Waals surface area contributed by atoms with Crippen molar-refractivity contribution < 1.29 is 13.2 Å². The Labute approximate surface area is 82.5 Å². The molecular weight excluding hydrogens is 193 g/mol. The number of nitrogens with one attached hydrogen (secondary N) is 1. The molecule has 1 rings (SSSR count). The molecule has 0 radical (unpaired) electrons. The lowest BCUT2D eigenvalue weighted by atomic mass is 10.2. The molecule has 84 valence electrons. The number of rotatable bonds is 2. The summed E-state index contributed by atoms with van der Waals surface area (Å²) >= 11 is 0. The van der Waals surface area contributed by atoms with Gasteiger partial charge in [0, 0.05) is 12.6 Å². The summed E-state index contributed by atoms with van der Waals surface area (Å²) in [5.74, 6) is 0. The van der Waals surface area contributed by atoms with E-state index in [1.165, 1.54) is 4.90 Å². The van der Waals surface area contributed by atoms with Crippen LogP contribution in [0.25, 0.3) is 0 Å². The van der Waals surface area contributed by atoms with Gasteiger partial charge >= 0.3 is 6.18 Å². The normalized spacial score (nSPS) is 26.1. The first-order valence-electron chi connectivity index (χ1n) is 5.04. The second-order valence-corrected chi connectivity index (χ2v) is 3.76. The van der Waals surface area contributed by atoms with E-state index in [0.29, 0.717) is 13.1 Å². The lowest BCUT2D eigenvalue weighted by molar-refractivity contribution is -0.146. The molecule has 1 N–H and O–H groups in total. The molecule has 1 fully saturated rings. The third-order valence-electron chi connectivity index (χ3n) is 2.46. The fourth-order valence-corrected chi connectivity index (χ4v) is 1.75. The molecule has 1 unspecified atom stereocenters. The van der Waals surface area contributed by atoms with Crippen molar-refractivity contribution in [2.24, 2.45) is 0 Å². The van der Waals surface area contributed by atoms with Crippen LogP contribution in [0.15, 0.2) is 0 Å². The Balaban J connectivity index is 2.43. The maximum absolute atomic E-state index is 12.1. The molecule has 0 saturated carbocycles. The molecule has 1 aliphatic rings. The molecule has 1 saturated heterocycles. The maximum atomic E-state index is 12.1. The molecule has 0 aromatic rings. The predicted molar refractivity (Wildman–Crippen MR) is 49.2 cm³/mol. The number of halogens is 3. The highest BCUT2D eigenvalue weighted by atomic mass is 19.4. The first kappa shape index (κ1) is 11.8. The van der Waals surface area contributed by atoms with E-state index in [0.717, 1.165) is 19.4 Å². The van der Waals surface area contributed by atoms with Gasteiger partial charge in [-0.2, -0.15) is 13.2 Å². The molecular formula is C9H17F3N2. The summed E-state index contributed by atoms with van der Waals surface area (Å²) in [6, 6.07) is 0.208. The smallest absolute Gasteiger partial charge is 0.313 e. The van der Waals surface area contributed by atoms with E-state index in [2.05, 4.69) is 5.32 Å². The number of alkyl halides is 3. The van der Waals surface area contributed by atoms with Gasteiger partial charge in [0.25, 0.3) is 0 Å². The van der Waals surface area contributed by atoms with Crippen molar-refractivity contribution in [2.45, 2.75) is 32.0 Å². The minimum atomic E-state index is -4.07. The summed E-state index contributed by atoms with van der Waals surface area (Å²) < 4.78 is 36.4. The van der Waals surface area contributed by atoms with Crippen LogP contribution in [0.1, 0.15) is 19.8 Å². The van der Waals surface area contributed by atoms with Gasteiger partial charge in [-0.3, -0.25) is 4.90 Å². The van der Waals surface area contributed by atoms with E-state index in [1.807, 2.05) is 6.92 Å². The maximum Gasteiger partial charge on any atom is 0.401 e. The van der Waals surface area contributed by atoms with Gasteiger partial charge in [-0.05, 0) is 25.9 Å². The zero-order valence-corrected chi connectivity index (χ0v) is 8.40. The Morgan fingerprint density at radius 2 is 2.14 bits per heavy atom. The zero-order chi connectivity index (χ0) is 10.6. The molecule has 1 heterocycles. The van der Waals surface area contributed by atoms with Crippen LogP contribution in [-0.4, -0.2) is 43.3 Å². The third kappa shape index (κ3) is 4.28. The third-order valence-corrected chi connectivity index (χ3v) is 2.46. The van der Waals surface area contributed by atoms with Crippen molar-refractivity contribution in [3.8, 4) is 0 Å². The summed E-state index contributed by atoms with van der Waals surface area (Å²) in [4.78, 5) is 1.49. The minimum Gasteiger partial charge on any atom is -0.313 e. The summed E-state index contributed by atoms with van der Waals surface area (Å²) in [6.45, 7) is 3.10. The Hall–Kier alpha value is -0.290. The Bertz CT molecular complexity index is 170. The number of nitrogens with zero attached hydrogens (tertiary/aromatic N) is 1. The Morgan fingerprint density at radius 1 is 1.43 bits per heavy atom. The average molecular weight is 210 g/mol. The van der Waals surface area contributed by atoms with Crippen molar-refractivity contribution >= 4 is 0 Å². The van der Waals surface area contributed by atoms with Gasteiger partial charge in [-0.15, -0.1) is 0 Å². The fraction of sp³-hybridized carbons (Fsp3) is 1.00. The van der Waals surface area contributed by atoms with Gasteiger partial charge in [0.05, 0.1) is 6.54 Å². The van der Waals surface area contributed by atoms with E-state index in [-0.39, 0.29) is 6.04 Å². The average Bonchev–Trinajstić information content (AvgIpc) is 2.26. The topological polar surface area (TPSA) is 15.3 Å². The highest BCUT2D eigenvalue weighted by Crippen LogP contribution is 2.17. The molecule has 0 aromatic heterocycles. The highest BCUT2D eigenvalue weighted by molar-refractivity contribution is 4.76. The van der Waals surface area contributed by atoms with E-state index in [9.17, 15) is 13.2 Å².